The second kappa shape index (κ2) is 6.45. The van der Waals surface area contributed by atoms with Crippen LogP contribution in [0.5, 0.6) is 0 Å². The molecule has 0 aliphatic carbocycles. The summed E-state index contributed by atoms with van der Waals surface area (Å²) in [5.41, 5.74) is 9.12. The number of aromatic nitrogens is 1. The van der Waals surface area contributed by atoms with Crippen molar-refractivity contribution >= 4 is 11.3 Å². The van der Waals surface area contributed by atoms with Crippen LogP contribution in [0, 0.1) is 0 Å². The minimum atomic E-state index is 0.514. The highest BCUT2D eigenvalue weighted by atomic mass is 32.1. The molecule has 4 nitrogen and oxygen atoms in total. The largest absolute Gasteiger partial charge is 0.379 e. The Hall–Kier alpha value is -1.27. The van der Waals surface area contributed by atoms with Crippen molar-refractivity contribution in [2.75, 3.05) is 26.3 Å². The molecule has 0 saturated carbocycles. The monoisotopic (exact) mass is 289 g/mol. The van der Waals surface area contributed by atoms with Crippen molar-refractivity contribution in [3.63, 3.8) is 0 Å². The van der Waals surface area contributed by atoms with Crippen molar-refractivity contribution in [2.24, 2.45) is 5.73 Å². The van der Waals surface area contributed by atoms with Crippen molar-refractivity contribution in [1.82, 2.24) is 9.88 Å². The van der Waals surface area contributed by atoms with Crippen LogP contribution in [0.1, 0.15) is 10.6 Å². The summed E-state index contributed by atoms with van der Waals surface area (Å²) in [7, 11) is 0. The predicted octanol–water partition coefficient (Wildman–Crippen LogP) is 2.10. The van der Waals surface area contributed by atoms with E-state index < -0.39 is 0 Å². The van der Waals surface area contributed by atoms with Gasteiger partial charge in [-0.3, -0.25) is 4.90 Å². The Morgan fingerprint density at radius 2 is 1.95 bits per heavy atom. The lowest BCUT2D eigenvalue weighted by Gasteiger charge is -2.26. The maximum Gasteiger partial charge on any atom is 0.107 e. The number of morpholine rings is 1. The van der Waals surface area contributed by atoms with Gasteiger partial charge in [-0.25, -0.2) is 4.98 Å². The first kappa shape index (κ1) is 13.7. The quantitative estimate of drug-likeness (QED) is 0.936. The Morgan fingerprint density at radius 1 is 1.20 bits per heavy atom. The summed E-state index contributed by atoms with van der Waals surface area (Å²) in [5.74, 6) is 0. The minimum Gasteiger partial charge on any atom is -0.379 e. The Morgan fingerprint density at radius 3 is 2.60 bits per heavy atom. The molecule has 2 N–H and O–H groups in total. The zero-order valence-corrected chi connectivity index (χ0v) is 12.2. The van der Waals surface area contributed by atoms with Crippen molar-refractivity contribution < 1.29 is 4.74 Å². The number of rotatable bonds is 4. The van der Waals surface area contributed by atoms with Crippen molar-refractivity contribution in [3.05, 3.63) is 40.2 Å². The number of ether oxygens (including phenoxy) is 1. The molecule has 3 rings (SSSR count). The molecular weight excluding hydrogens is 270 g/mol. The lowest BCUT2D eigenvalue weighted by Crippen LogP contribution is -2.35. The van der Waals surface area contributed by atoms with Gasteiger partial charge in [0, 0.05) is 37.1 Å². The van der Waals surface area contributed by atoms with E-state index in [1.807, 2.05) is 0 Å². The first-order chi connectivity index (χ1) is 9.85. The van der Waals surface area contributed by atoms with Gasteiger partial charge in [-0.2, -0.15) is 0 Å². The van der Waals surface area contributed by atoms with Crippen LogP contribution in [-0.4, -0.2) is 36.2 Å². The predicted molar refractivity (Wildman–Crippen MR) is 81.5 cm³/mol. The van der Waals surface area contributed by atoms with Gasteiger partial charge in [-0.05, 0) is 5.56 Å². The van der Waals surface area contributed by atoms with Crippen LogP contribution in [0.3, 0.4) is 0 Å². The highest BCUT2D eigenvalue weighted by molar-refractivity contribution is 7.09. The molecule has 0 spiro atoms. The van der Waals surface area contributed by atoms with E-state index in [2.05, 4.69) is 39.5 Å². The van der Waals surface area contributed by atoms with Crippen LogP contribution in [-0.2, 0) is 17.8 Å². The van der Waals surface area contributed by atoms with Gasteiger partial charge in [0.2, 0.25) is 0 Å². The Kier molecular flexibility index (Phi) is 4.42. The van der Waals surface area contributed by atoms with E-state index in [0.717, 1.165) is 49.1 Å². The van der Waals surface area contributed by atoms with Gasteiger partial charge in [0.1, 0.15) is 5.01 Å². The lowest BCUT2D eigenvalue weighted by atomic mass is 10.1. The third kappa shape index (κ3) is 3.24. The van der Waals surface area contributed by atoms with Crippen molar-refractivity contribution in [3.8, 4) is 11.3 Å². The fourth-order valence-electron chi connectivity index (χ4n) is 2.34. The molecule has 1 saturated heterocycles. The summed E-state index contributed by atoms with van der Waals surface area (Å²) in [6, 6.07) is 8.66. The molecule has 1 aliphatic heterocycles. The minimum absolute atomic E-state index is 0.514. The summed E-state index contributed by atoms with van der Waals surface area (Å²) in [6.07, 6.45) is 0. The zero-order chi connectivity index (χ0) is 13.8. The van der Waals surface area contributed by atoms with E-state index in [-0.39, 0.29) is 0 Å². The van der Waals surface area contributed by atoms with E-state index in [0.29, 0.717) is 6.54 Å². The van der Waals surface area contributed by atoms with Gasteiger partial charge in [-0.15, -0.1) is 11.3 Å². The maximum absolute atomic E-state index is 5.60. The number of nitrogens with zero attached hydrogens (tertiary/aromatic N) is 2. The molecule has 0 unspecified atom stereocenters. The van der Waals surface area contributed by atoms with E-state index >= 15 is 0 Å². The summed E-state index contributed by atoms with van der Waals surface area (Å²) in [6.45, 7) is 5.24. The Balaban J connectivity index is 1.67. The molecular formula is C15H19N3OS. The summed E-state index contributed by atoms with van der Waals surface area (Å²) >= 11 is 1.62. The number of benzene rings is 1. The normalized spacial score (nSPS) is 16.4. The Bertz CT molecular complexity index is 547. The molecule has 2 aromatic rings. The standard InChI is InChI=1S/C15H19N3OS/c16-9-15-17-14(11-20-15)13-3-1-12(2-4-13)10-18-5-7-19-8-6-18/h1-4,11H,5-10,16H2. The Labute approximate surface area is 123 Å². The number of hydrogen-bond acceptors (Lipinski definition) is 5. The average Bonchev–Trinajstić information content (AvgIpc) is 2.98. The van der Waals surface area contributed by atoms with Crippen LogP contribution in [0.25, 0.3) is 11.3 Å². The summed E-state index contributed by atoms with van der Waals surface area (Å²) in [5, 5.41) is 3.05. The topological polar surface area (TPSA) is 51.4 Å². The van der Waals surface area contributed by atoms with E-state index in [1.54, 1.807) is 11.3 Å². The molecule has 1 fully saturated rings. The molecule has 0 amide bonds. The van der Waals surface area contributed by atoms with Crippen LogP contribution >= 0.6 is 11.3 Å². The van der Waals surface area contributed by atoms with Crippen LogP contribution < -0.4 is 5.73 Å². The molecule has 106 valence electrons. The lowest BCUT2D eigenvalue weighted by molar-refractivity contribution is 0.0342. The first-order valence-electron chi connectivity index (χ1n) is 6.89. The molecule has 5 heteroatoms. The van der Waals surface area contributed by atoms with E-state index in [1.165, 1.54) is 5.56 Å². The second-order valence-electron chi connectivity index (χ2n) is 4.92. The van der Waals surface area contributed by atoms with Crippen LogP contribution in [0.2, 0.25) is 0 Å². The zero-order valence-electron chi connectivity index (χ0n) is 11.4. The summed E-state index contributed by atoms with van der Waals surface area (Å²) < 4.78 is 5.37. The smallest absolute Gasteiger partial charge is 0.107 e. The second-order valence-corrected chi connectivity index (χ2v) is 5.86. The summed E-state index contributed by atoms with van der Waals surface area (Å²) in [4.78, 5) is 6.94. The van der Waals surface area contributed by atoms with Gasteiger partial charge in [-0.1, -0.05) is 24.3 Å². The first-order valence-corrected chi connectivity index (χ1v) is 7.77. The highest BCUT2D eigenvalue weighted by Crippen LogP contribution is 2.22. The van der Waals surface area contributed by atoms with Gasteiger partial charge in [0.25, 0.3) is 0 Å². The fourth-order valence-corrected chi connectivity index (χ4v) is 3.02. The number of hydrogen-bond donors (Lipinski definition) is 1. The van der Waals surface area contributed by atoms with Crippen LogP contribution in [0.15, 0.2) is 29.6 Å². The van der Waals surface area contributed by atoms with E-state index in [9.17, 15) is 0 Å². The van der Waals surface area contributed by atoms with Crippen molar-refractivity contribution in [1.29, 1.82) is 0 Å². The fraction of sp³-hybridized carbons (Fsp3) is 0.400. The molecule has 0 radical (unpaired) electrons. The SMILES string of the molecule is NCc1nc(-c2ccc(CN3CCOCC3)cc2)cs1. The van der Waals surface area contributed by atoms with Gasteiger partial charge < -0.3 is 10.5 Å². The van der Waals surface area contributed by atoms with Crippen LogP contribution in [0.4, 0.5) is 0 Å². The van der Waals surface area contributed by atoms with Gasteiger partial charge in [0.05, 0.1) is 18.9 Å². The van der Waals surface area contributed by atoms with E-state index in [4.69, 9.17) is 10.5 Å². The van der Waals surface area contributed by atoms with Crippen molar-refractivity contribution in [2.45, 2.75) is 13.1 Å². The maximum atomic E-state index is 5.60. The molecule has 1 aromatic heterocycles. The average molecular weight is 289 g/mol. The molecule has 2 heterocycles. The molecule has 0 atom stereocenters. The van der Waals surface area contributed by atoms with Gasteiger partial charge in [0.15, 0.2) is 0 Å². The number of thiazole rings is 1. The number of nitrogens with two attached hydrogens (primary N) is 1. The molecule has 0 bridgehead atoms. The molecule has 20 heavy (non-hydrogen) atoms. The highest BCUT2D eigenvalue weighted by Gasteiger charge is 2.10. The molecule has 1 aromatic carbocycles. The third-order valence-corrected chi connectivity index (χ3v) is 4.36. The van der Waals surface area contributed by atoms with Gasteiger partial charge >= 0.3 is 0 Å². The third-order valence-electron chi connectivity index (χ3n) is 3.49. The molecule has 1 aliphatic rings.